The molecular weight excluding hydrogens is 369 g/mol. The fraction of sp³-hybridized carbons (Fsp3) is 0.391. The van der Waals surface area contributed by atoms with E-state index < -0.39 is 0 Å². The summed E-state index contributed by atoms with van der Waals surface area (Å²) in [5, 5.41) is 0. The molecule has 0 spiro atoms. The quantitative estimate of drug-likeness (QED) is 0.799. The van der Waals surface area contributed by atoms with Crippen LogP contribution in [-0.2, 0) is 11.2 Å². The zero-order valence-electron chi connectivity index (χ0n) is 16.5. The average Bonchev–Trinajstić information content (AvgIpc) is 3.51. The van der Waals surface area contributed by atoms with E-state index in [0.29, 0.717) is 23.6 Å². The largest absolute Gasteiger partial charge is 0.497 e. The monoisotopic (exact) mass is 393 g/mol. The molecule has 6 heteroatoms. The van der Waals surface area contributed by atoms with Gasteiger partial charge in [-0.05, 0) is 42.7 Å². The number of hydrogen-bond donors (Lipinski definition) is 0. The van der Waals surface area contributed by atoms with E-state index in [1.165, 1.54) is 13.2 Å². The molecule has 1 aromatic heterocycles. The lowest BCUT2D eigenvalue weighted by atomic mass is 10.0. The van der Waals surface area contributed by atoms with Crippen LogP contribution in [-0.4, -0.2) is 49.1 Å². The van der Waals surface area contributed by atoms with Crippen molar-refractivity contribution < 1.29 is 13.9 Å². The fourth-order valence-electron chi connectivity index (χ4n) is 4.30. The normalized spacial score (nSPS) is 18.5. The van der Waals surface area contributed by atoms with Crippen LogP contribution in [0.3, 0.4) is 0 Å². The lowest BCUT2D eigenvalue weighted by Gasteiger charge is -2.37. The first-order valence-corrected chi connectivity index (χ1v) is 10.2. The number of fused-ring (bicyclic) bond motifs is 1. The molecule has 2 aliphatic carbocycles. The molecule has 0 radical (unpaired) electrons. The number of aromatic nitrogens is 1. The van der Waals surface area contributed by atoms with Crippen molar-refractivity contribution >= 4 is 23.2 Å². The second-order valence-electron chi connectivity index (χ2n) is 7.97. The number of halogens is 1. The summed E-state index contributed by atoms with van der Waals surface area (Å²) in [5.41, 5.74) is 4.69. The topological polar surface area (TPSA) is 45.7 Å². The van der Waals surface area contributed by atoms with Gasteiger partial charge in [0.2, 0.25) is 5.91 Å². The molecular formula is C23H24FN3O2. The minimum atomic E-state index is -0.280. The Kier molecular flexibility index (Phi) is 4.49. The molecule has 0 bridgehead atoms. The summed E-state index contributed by atoms with van der Waals surface area (Å²) in [7, 11) is 1.54. The summed E-state index contributed by atoms with van der Waals surface area (Å²) in [6, 6.07) is 7.01. The van der Waals surface area contributed by atoms with Crippen LogP contribution in [0, 0.1) is 11.7 Å². The highest BCUT2D eigenvalue weighted by Gasteiger charge is 2.35. The minimum Gasteiger partial charge on any atom is -0.497 e. The third kappa shape index (κ3) is 3.37. The fourth-order valence-corrected chi connectivity index (χ4v) is 4.30. The minimum absolute atomic E-state index is 0.275. The van der Waals surface area contributed by atoms with Crippen LogP contribution < -0.4 is 9.64 Å². The van der Waals surface area contributed by atoms with Gasteiger partial charge in [-0.25, -0.2) is 4.39 Å². The van der Waals surface area contributed by atoms with E-state index in [9.17, 15) is 9.18 Å². The number of methoxy groups -OCH3 is 1. The summed E-state index contributed by atoms with van der Waals surface area (Å²) in [4.78, 5) is 21.2. The highest BCUT2D eigenvalue weighted by molar-refractivity contribution is 5.92. The number of ether oxygens (including phenoxy) is 1. The number of pyridine rings is 1. The molecule has 1 aliphatic heterocycles. The van der Waals surface area contributed by atoms with Gasteiger partial charge < -0.3 is 14.5 Å². The average molecular weight is 393 g/mol. The van der Waals surface area contributed by atoms with Gasteiger partial charge in [0, 0.05) is 67.6 Å². The SMILES string of the molecule is COc1ccc(C2=Cc3c(N4CCN(C(=O)C5CC5)CC4)ccnc3C2)c(F)c1. The molecule has 0 unspecified atom stereocenters. The number of carbonyl (C=O) groups excluding carboxylic acids is 1. The molecule has 0 N–H and O–H groups in total. The highest BCUT2D eigenvalue weighted by Crippen LogP contribution is 2.38. The van der Waals surface area contributed by atoms with E-state index in [1.807, 2.05) is 17.2 Å². The number of anilines is 1. The van der Waals surface area contributed by atoms with Crippen LogP contribution in [0.15, 0.2) is 30.5 Å². The Bertz CT molecular complexity index is 992. The number of amides is 1. The van der Waals surface area contributed by atoms with Gasteiger partial charge in [-0.3, -0.25) is 9.78 Å². The molecule has 2 fully saturated rings. The van der Waals surface area contributed by atoms with Crippen molar-refractivity contribution in [1.29, 1.82) is 0 Å². The third-order valence-corrected chi connectivity index (χ3v) is 6.11. The van der Waals surface area contributed by atoms with Crippen molar-refractivity contribution in [2.75, 3.05) is 38.2 Å². The lowest BCUT2D eigenvalue weighted by Crippen LogP contribution is -2.49. The highest BCUT2D eigenvalue weighted by atomic mass is 19.1. The number of hydrogen-bond acceptors (Lipinski definition) is 4. The molecule has 150 valence electrons. The second-order valence-corrected chi connectivity index (χ2v) is 7.97. The van der Waals surface area contributed by atoms with Crippen molar-refractivity contribution in [1.82, 2.24) is 9.88 Å². The Hall–Kier alpha value is -2.89. The maximum Gasteiger partial charge on any atom is 0.225 e. The predicted octanol–water partition coefficient (Wildman–Crippen LogP) is 3.38. The van der Waals surface area contributed by atoms with Crippen LogP contribution in [0.4, 0.5) is 10.1 Å². The van der Waals surface area contributed by atoms with Gasteiger partial charge in [0.1, 0.15) is 11.6 Å². The zero-order chi connectivity index (χ0) is 20.0. The zero-order valence-corrected chi connectivity index (χ0v) is 16.5. The van der Waals surface area contributed by atoms with Gasteiger partial charge in [-0.2, -0.15) is 0 Å². The van der Waals surface area contributed by atoms with E-state index in [2.05, 4.69) is 16.0 Å². The Morgan fingerprint density at radius 1 is 1.17 bits per heavy atom. The first-order chi connectivity index (χ1) is 14.1. The molecule has 1 aromatic carbocycles. The van der Waals surface area contributed by atoms with Crippen LogP contribution >= 0.6 is 0 Å². The number of nitrogens with zero attached hydrogens (tertiary/aromatic N) is 3. The van der Waals surface area contributed by atoms with Crippen molar-refractivity contribution in [2.45, 2.75) is 19.3 Å². The number of piperazine rings is 1. The van der Waals surface area contributed by atoms with Crippen LogP contribution in [0.5, 0.6) is 5.75 Å². The standard InChI is InChI=1S/C23H24FN3O2/c1-29-17-4-5-18(20(24)14-17)16-12-19-21(13-16)25-7-6-22(19)26-8-10-27(11-9-26)23(28)15-2-3-15/h4-7,12,14-15H,2-3,8-11,13H2,1H3. The lowest BCUT2D eigenvalue weighted by molar-refractivity contribution is -0.132. The Labute approximate surface area is 169 Å². The molecule has 1 amide bonds. The van der Waals surface area contributed by atoms with Gasteiger partial charge in [-0.1, -0.05) is 0 Å². The van der Waals surface area contributed by atoms with Crippen LogP contribution in [0.25, 0.3) is 11.6 Å². The number of carbonyl (C=O) groups is 1. The molecule has 1 saturated heterocycles. The van der Waals surface area contributed by atoms with Gasteiger partial charge in [-0.15, -0.1) is 0 Å². The summed E-state index contributed by atoms with van der Waals surface area (Å²) in [6.45, 7) is 3.15. The predicted molar refractivity (Wildman–Crippen MR) is 110 cm³/mol. The summed E-state index contributed by atoms with van der Waals surface area (Å²) >= 11 is 0. The molecule has 3 aliphatic rings. The third-order valence-electron chi connectivity index (χ3n) is 6.11. The van der Waals surface area contributed by atoms with Crippen molar-refractivity contribution in [3.05, 3.63) is 53.1 Å². The molecule has 1 saturated carbocycles. The molecule has 2 heterocycles. The Morgan fingerprint density at radius 3 is 2.66 bits per heavy atom. The maximum absolute atomic E-state index is 14.6. The number of rotatable bonds is 4. The van der Waals surface area contributed by atoms with Gasteiger partial charge in [0.05, 0.1) is 12.8 Å². The van der Waals surface area contributed by atoms with Gasteiger partial charge >= 0.3 is 0 Å². The van der Waals surface area contributed by atoms with E-state index in [-0.39, 0.29) is 11.7 Å². The molecule has 0 atom stereocenters. The smallest absolute Gasteiger partial charge is 0.225 e. The number of benzene rings is 1. The van der Waals surface area contributed by atoms with E-state index in [1.54, 1.807) is 12.1 Å². The van der Waals surface area contributed by atoms with E-state index >= 15 is 0 Å². The van der Waals surface area contributed by atoms with Gasteiger partial charge in [0.25, 0.3) is 0 Å². The Balaban J connectivity index is 1.37. The molecule has 29 heavy (non-hydrogen) atoms. The summed E-state index contributed by atoms with van der Waals surface area (Å²) in [5.74, 6) is 0.829. The van der Waals surface area contributed by atoms with Crippen LogP contribution in [0.1, 0.15) is 29.7 Å². The van der Waals surface area contributed by atoms with Crippen molar-refractivity contribution in [3.63, 3.8) is 0 Å². The second kappa shape index (κ2) is 7.17. The molecule has 5 rings (SSSR count). The maximum atomic E-state index is 14.6. The molecule has 5 nitrogen and oxygen atoms in total. The van der Waals surface area contributed by atoms with E-state index in [0.717, 1.165) is 61.5 Å². The first kappa shape index (κ1) is 18.2. The summed E-state index contributed by atoms with van der Waals surface area (Å²) in [6.07, 6.45) is 6.60. The Morgan fingerprint density at radius 2 is 1.97 bits per heavy atom. The van der Waals surface area contributed by atoms with Crippen molar-refractivity contribution in [2.24, 2.45) is 5.92 Å². The van der Waals surface area contributed by atoms with Gasteiger partial charge in [0.15, 0.2) is 0 Å². The first-order valence-electron chi connectivity index (χ1n) is 10.2. The molecule has 2 aromatic rings. The van der Waals surface area contributed by atoms with E-state index in [4.69, 9.17) is 4.74 Å². The van der Waals surface area contributed by atoms with Crippen molar-refractivity contribution in [3.8, 4) is 5.75 Å². The summed E-state index contributed by atoms with van der Waals surface area (Å²) < 4.78 is 19.7. The van der Waals surface area contributed by atoms with Crippen LogP contribution in [0.2, 0.25) is 0 Å². The number of allylic oxidation sites excluding steroid dienone is 1.